The number of hydroxylamine groups is 2. The lowest BCUT2D eigenvalue weighted by Crippen LogP contribution is -2.57. The van der Waals surface area contributed by atoms with Gasteiger partial charge >= 0.3 is 0 Å². The Kier molecular flexibility index (Phi) is 6.21. The van der Waals surface area contributed by atoms with E-state index in [1.807, 2.05) is 56.3 Å². The number of fused-ring (bicyclic) bond motifs is 4. The second-order valence-electron chi connectivity index (χ2n) is 9.39. The number of carbonyl (C=O) groups is 2. The van der Waals surface area contributed by atoms with Crippen molar-refractivity contribution in [2.45, 2.75) is 57.7 Å². The molecule has 0 aromatic heterocycles. The molecule has 2 saturated heterocycles. The van der Waals surface area contributed by atoms with Gasteiger partial charge in [-0.15, -0.1) is 0 Å². The van der Waals surface area contributed by atoms with Crippen molar-refractivity contribution in [2.24, 2.45) is 5.92 Å². The monoisotopic (exact) mass is 447 g/mol. The van der Waals surface area contributed by atoms with E-state index in [0.29, 0.717) is 18.1 Å². The Balaban J connectivity index is 1.40. The fourth-order valence-electron chi connectivity index (χ4n) is 5.79. The Bertz CT molecular complexity index is 1020. The number of hydrogen-bond acceptors (Lipinski definition) is 4. The van der Waals surface area contributed by atoms with Gasteiger partial charge in [-0.1, -0.05) is 36.4 Å². The van der Waals surface area contributed by atoms with Crippen molar-refractivity contribution >= 4 is 11.8 Å². The number of carbonyl (C=O) groups excluding carboxylic acids is 2. The topological polar surface area (TPSA) is 61.9 Å². The van der Waals surface area contributed by atoms with Gasteiger partial charge in [-0.3, -0.25) is 14.4 Å². The first-order chi connectivity index (χ1) is 16.1. The van der Waals surface area contributed by atoms with Gasteiger partial charge in [-0.25, -0.2) is 5.06 Å². The van der Waals surface area contributed by atoms with Crippen LogP contribution in [0, 0.1) is 5.92 Å². The van der Waals surface area contributed by atoms with E-state index in [0.717, 1.165) is 44.3 Å². The highest BCUT2D eigenvalue weighted by atomic mass is 16.7. The molecule has 0 saturated carbocycles. The first kappa shape index (κ1) is 22.1. The summed E-state index contributed by atoms with van der Waals surface area (Å²) in [6, 6.07) is 16.1. The maximum atomic E-state index is 13.5. The average Bonchev–Trinajstić information content (AvgIpc) is 2.86. The number of benzene rings is 2. The molecule has 174 valence electrons. The molecule has 0 radical (unpaired) electrons. The molecule has 2 fully saturated rings. The van der Waals surface area contributed by atoms with E-state index < -0.39 is 0 Å². The van der Waals surface area contributed by atoms with E-state index >= 15 is 0 Å². The van der Waals surface area contributed by atoms with Crippen molar-refractivity contribution in [3.8, 4) is 0 Å². The molecule has 6 heteroatoms. The lowest BCUT2D eigenvalue weighted by Gasteiger charge is -2.48. The van der Waals surface area contributed by atoms with Crippen molar-refractivity contribution in [2.75, 3.05) is 19.7 Å². The maximum Gasteiger partial charge on any atom is 0.278 e. The van der Waals surface area contributed by atoms with Crippen LogP contribution >= 0.6 is 0 Å². The summed E-state index contributed by atoms with van der Waals surface area (Å²) in [6.45, 7) is 6.02. The smallest absolute Gasteiger partial charge is 0.278 e. The summed E-state index contributed by atoms with van der Waals surface area (Å²) in [5, 5.41) is 5.07. The Labute approximate surface area is 195 Å². The molecule has 3 aliphatic heterocycles. The lowest BCUT2D eigenvalue weighted by atomic mass is 9.77. The molecule has 0 bridgehead atoms. The van der Waals surface area contributed by atoms with Crippen LogP contribution in [-0.4, -0.2) is 47.5 Å². The molecule has 0 aliphatic carbocycles. The fraction of sp³-hybridized carbons (Fsp3) is 0.481. The van der Waals surface area contributed by atoms with E-state index in [9.17, 15) is 9.59 Å². The van der Waals surface area contributed by atoms with Crippen LogP contribution < -0.4 is 5.32 Å². The number of hydrogen-bond donors (Lipinski definition) is 1. The van der Waals surface area contributed by atoms with Crippen LogP contribution in [0.1, 0.15) is 72.2 Å². The van der Waals surface area contributed by atoms with Crippen LogP contribution in [0.3, 0.4) is 0 Å². The Morgan fingerprint density at radius 2 is 2.06 bits per heavy atom. The van der Waals surface area contributed by atoms with Crippen LogP contribution in [0.5, 0.6) is 0 Å². The largest absolute Gasteiger partial charge is 0.335 e. The molecule has 1 N–H and O–H groups in total. The zero-order chi connectivity index (χ0) is 22.9. The molecular formula is C27H33N3O3. The summed E-state index contributed by atoms with van der Waals surface area (Å²) < 4.78 is 0. The second kappa shape index (κ2) is 9.27. The number of rotatable bonds is 5. The third-order valence-corrected chi connectivity index (χ3v) is 7.51. The number of amides is 2. The zero-order valence-corrected chi connectivity index (χ0v) is 19.5. The van der Waals surface area contributed by atoms with Crippen LogP contribution in [0.15, 0.2) is 48.5 Å². The minimum atomic E-state index is -0.199. The average molecular weight is 448 g/mol. The van der Waals surface area contributed by atoms with Crippen LogP contribution in [-0.2, 0) is 16.1 Å². The molecule has 5 rings (SSSR count). The molecular weight excluding hydrogens is 414 g/mol. The van der Waals surface area contributed by atoms with E-state index in [1.54, 1.807) is 0 Å². The minimum Gasteiger partial charge on any atom is -0.335 e. The quantitative estimate of drug-likeness (QED) is 0.703. The summed E-state index contributed by atoms with van der Waals surface area (Å²) in [6.07, 6.45) is 3.80. The van der Waals surface area contributed by atoms with Gasteiger partial charge in [0.2, 0.25) is 5.91 Å². The molecule has 2 amide bonds. The maximum absolute atomic E-state index is 13.5. The molecule has 0 unspecified atom stereocenters. The summed E-state index contributed by atoms with van der Waals surface area (Å²) in [5.74, 6) is 0.289. The van der Waals surface area contributed by atoms with Gasteiger partial charge in [0.1, 0.15) is 0 Å². The van der Waals surface area contributed by atoms with E-state index in [2.05, 4.69) is 16.3 Å². The lowest BCUT2D eigenvalue weighted by molar-refractivity contribution is -0.145. The highest BCUT2D eigenvalue weighted by Gasteiger charge is 2.45. The molecule has 0 spiro atoms. The predicted octanol–water partition coefficient (Wildman–Crippen LogP) is 4.04. The van der Waals surface area contributed by atoms with Crippen molar-refractivity contribution < 1.29 is 14.4 Å². The number of nitrogens with zero attached hydrogens (tertiary/aromatic N) is 2. The molecule has 33 heavy (non-hydrogen) atoms. The van der Waals surface area contributed by atoms with Gasteiger partial charge in [0, 0.05) is 18.2 Å². The van der Waals surface area contributed by atoms with Gasteiger partial charge < -0.3 is 10.2 Å². The minimum absolute atomic E-state index is 0.100. The normalized spacial score (nSPS) is 25.0. The Morgan fingerprint density at radius 1 is 1.24 bits per heavy atom. The van der Waals surface area contributed by atoms with Gasteiger partial charge in [-0.2, -0.15) is 0 Å². The number of nitrogens with one attached hydrogen (secondary N) is 1. The van der Waals surface area contributed by atoms with Gasteiger partial charge in [0.25, 0.3) is 5.91 Å². The molecule has 2 aromatic carbocycles. The highest BCUT2D eigenvalue weighted by molar-refractivity contribution is 5.94. The Hall–Kier alpha value is -2.70. The van der Waals surface area contributed by atoms with Gasteiger partial charge in [0.05, 0.1) is 24.6 Å². The molecule has 6 nitrogen and oxygen atoms in total. The highest BCUT2D eigenvalue weighted by Crippen LogP contribution is 2.41. The molecule has 4 atom stereocenters. The predicted molar refractivity (Wildman–Crippen MR) is 126 cm³/mol. The molecule has 3 heterocycles. The molecule has 2 aromatic rings. The summed E-state index contributed by atoms with van der Waals surface area (Å²) in [5.41, 5.74) is 4.03. The summed E-state index contributed by atoms with van der Waals surface area (Å²) in [4.78, 5) is 34.5. The van der Waals surface area contributed by atoms with Crippen molar-refractivity contribution in [3.05, 3.63) is 70.8 Å². The van der Waals surface area contributed by atoms with E-state index in [1.165, 1.54) is 16.2 Å². The van der Waals surface area contributed by atoms with Crippen LogP contribution in [0.2, 0.25) is 0 Å². The SMILES string of the molecule is CCON(C(=O)c1ccc2c(c1)CCN1C(=O)[C@H]3CCCN[C@H]3C[C@@H]21)[C@H](C)c1ccccc1. The second-order valence-corrected chi connectivity index (χ2v) is 9.39. The first-order valence-electron chi connectivity index (χ1n) is 12.3. The third kappa shape index (κ3) is 4.06. The standard InChI is InChI=1S/C27H33N3O3/c1-3-33-30(18(2)19-8-5-4-6-9-19)26(31)21-11-12-22-20(16-21)13-15-29-25(22)17-24-23(27(29)32)10-7-14-28-24/h4-6,8-9,11-12,16,18,23-25,28H,3,7,10,13-15,17H2,1-2H3/t18-,23+,24+,25+/m1/s1. The number of piperidine rings is 2. The van der Waals surface area contributed by atoms with Gasteiger partial charge in [0.15, 0.2) is 0 Å². The van der Waals surface area contributed by atoms with E-state index in [-0.39, 0.29) is 30.0 Å². The molecule has 3 aliphatic rings. The van der Waals surface area contributed by atoms with Crippen LogP contribution in [0.4, 0.5) is 0 Å². The fourth-order valence-corrected chi connectivity index (χ4v) is 5.79. The first-order valence-corrected chi connectivity index (χ1v) is 12.3. The van der Waals surface area contributed by atoms with E-state index in [4.69, 9.17) is 4.84 Å². The Morgan fingerprint density at radius 3 is 2.85 bits per heavy atom. The third-order valence-electron chi connectivity index (χ3n) is 7.51. The summed E-state index contributed by atoms with van der Waals surface area (Å²) >= 11 is 0. The van der Waals surface area contributed by atoms with Gasteiger partial charge in [-0.05, 0) is 74.9 Å². The van der Waals surface area contributed by atoms with Crippen molar-refractivity contribution in [1.82, 2.24) is 15.3 Å². The summed E-state index contributed by atoms with van der Waals surface area (Å²) in [7, 11) is 0. The zero-order valence-electron chi connectivity index (χ0n) is 19.5. The van der Waals surface area contributed by atoms with Crippen molar-refractivity contribution in [3.63, 3.8) is 0 Å². The van der Waals surface area contributed by atoms with Crippen molar-refractivity contribution in [1.29, 1.82) is 0 Å². The van der Waals surface area contributed by atoms with Crippen LogP contribution in [0.25, 0.3) is 0 Å².